The van der Waals surface area contributed by atoms with E-state index in [1.165, 1.54) is 14.1 Å². The van der Waals surface area contributed by atoms with Crippen molar-refractivity contribution >= 4 is 47.8 Å². The van der Waals surface area contributed by atoms with Crippen LogP contribution in [-0.4, -0.2) is 52.0 Å². The summed E-state index contributed by atoms with van der Waals surface area (Å²) < 4.78 is 50.5. The van der Waals surface area contributed by atoms with Crippen molar-refractivity contribution in [2.24, 2.45) is 0 Å². The van der Waals surface area contributed by atoms with Crippen LogP contribution < -0.4 is 9.44 Å². The molecule has 2 heterocycles. The second-order valence-electron chi connectivity index (χ2n) is 8.22. The number of fused-ring (bicyclic) bond motifs is 2. The van der Waals surface area contributed by atoms with Gasteiger partial charge in [-0.2, -0.15) is 5.26 Å². The Morgan fingerprint density at radius 1 is 0.865 bits per heavy atom. The van der Waals surface area contributed by atoms with Crippen molar-refractivity contribution in [1.82, 2.24) is 19.4 Å². The highest BCUT2D eigenvalue weighted by Crippen LogP contribution is 2.22. The lowest BCUT2D eigenvalue weighted by molar-refractivity contribution is -0.136. The quantitative estimate of drug-likeness (QED) is 0.213. The number of carboxylic acids is 1. The van der Waals surface area contributed by atoms with E-state index in [4.69, 9.17) is 10.4 Å². The molecule has 11 nitrogen and oxygen atoms in total. The van der Waals surface area contributed by atoms with Crippen LogP contribution >= 0.6 is 0 Å². The van der Waals surface area contributed by atoms with Crippen LogP contribution in [0.25, 0.3) is 21.8 Å². The number of benzene rings is 2. The molecule has 0 aliphatic carbocycles. The van der Waals surface area contributed by atoms with E-state index in [2.05, 4.69) is 25.5 Å². The molecule has 2 aromatic carbocycles. The van der Waals surface area contributed by atoms with Gasteiger partial charge >= 0.3 is 5.97 Å². The predicted molar refractivity (Wildman–Crippen MR) is 141 cm³/mol. The number of hydrogen-bond acceptors (Lipinski definition) is 6. The Morgan fingerprint density at radius 2 is 1.32 bits per heavy atom. The topological polar surface area (TPSA) is 185 Å². The zero-order chi connectivity index (χ0) is 27.2. The number of rotatable bonds is 9. The van der Waals surface area contributed by atoms with Crippen LogP contribution in [0, 0.1) is 11.3 Å². The summed E-state index contributed by atoms with van der Waals surface area (Å²) in [7, 11) is -3.86. The monoisotopic (exact) mass is 545 g/mol. The maximum absolute atomic E-state index is 11.5. The molecule has 0 saturated carbocycles. The number of H-pyrrole nitrogens is 2. The number of carbonyl (C=O) groups is 1. The Morgan fingerprint density at radius 3 is 1.76 bits per heavy atom. The van der Waals surface area contributed by atoms with E-state index >= 15 is 0 Å². The molecule has 0 radical (unpaired) electrons. The van der Waals surface area contributed by atoms with Gasteiger partial charge in [0.1, 0.15) is 0 Å². The normalized spacial score (nSPS) is 11.7. The SMILES string of the molecule is CNS(=O)(=O)Cc1ccc2[nH]cc(CC#N)c2c1.CNS(=O)(=O)Cc1ccc2[nH]cc(CC(=O)O)c2c1. The van der Waals surface area contributed by atoms with Gasteiger partial charge in [0.15, 0.2) is 0 Å². The maximum atomic E-state index is 11.5. The molecule has 4 aromatic rings. The van der Waals surface area contributed by atoms with Gasteiger partial charge in [0.2, 0.25) is 20.0 Å². The van der Waals surface area contributed by atoms with E-state index < -0.39 is 26.0 Å². The number of nitrogens with one attached hydrogen (secondary N) is 4. The molecule has 0 bridgehead atoms. The molecule has 0 aliphatic heterocycles. The molecule has 0 atom stereocenters. The van der Waals surface area contributed by atoms with Gasteiger partial charge in [-0.05, 0) is 60.6 Å². The molecular weight excluding hydrogens is 518 g/mol. The van der Waals surface area contributed by atoms with E-state index in [9.17, 15) is 21.6 Å². The molecule has 0 spiro atoms. The van der Waals surface area contributed by atoms with Gasteiger partial charge in [-0.3, -0.25) is 4.79 Å². The number of nitriles is 1. The van der Waals surface area contributed by atoms with Gasteiger partial charge < -0.3 is 15.1 Å². The van der Waals surface area contributed by atoms with E-state index in [0.29, 0.717) is 23.1 Å². The molecule has 13 heteroatoms. The Labute approximate surface area is 214 Å². The third-order valence-electron chi connectivity index (χ3n) is 5.61. The zero-order valence-corrected chi connectivity index (χ0v) is 21.8. The first-order valence-corrected chi connectivity index (χ1v) is 14.4. The minimum Gasteiger partial charge on any atom is -0.481 e. The standard InChI is InChI=1S/C12H13N3O2S.C12H14N2O4S/c1-14-18(16,17)8-9-2-3-12-11(6-9)10(4-5-13)7-15-12;1-13-19(17,18)7-8-2-3-11-10(4-8)9(6-14-11)5-12(15)16/h2-3,6-7,14-15H,4,8H2,1H3;2-4,6,13-14H,5,7H2,1H3,(H,15,16). The van der Waals surface area contributed by atoms with Crippen molar-refractivity contribution in [1.29, 1.82) is 5.26 Å². The largest absolute Gasteiger partial charge is 0.481 e. The number of aliphatic carboxylic acids is 1. The summed E-state index contributed by atoms with van der Waals surface area (Å²) in [6.07, 6.45) is 3.63. The first kappa shape index (κ1) is 27.9. The van der Waals surface area contributed by atoms with Crippen molar-refractivity contribution in [3.63, 3.8) is 0 Å². The average Bonchev–Trinajstić information content (AvgIpc) is 3.43. The van der Waals surface area contributed by atoms with Crippen LogP contribution in [0.5, 0.6) is 0 Å². The minimum absolute atomic E-state index is 0.0589. The first-order chi connectivity index (χ1) is 17.5. The third kappa shape index (κ3) is 7.40. The van der Waals surface area contributed by atoms with Gasteiger partial charge in [-0.25, -0.2) is 26.3 Å². The second kappa shape index (κ2) is 11.6. The van der Waals surface area contributed by atoms with Crippen molar-refractivity contribution in [3.05, 3.63) is 71.0 Å². The molecular formula is C24H27N5O6S2. The van der Waals surface area contributed by atoms with Gasteiger partial charge in [-0.15, -0.1) is 0 Å². The first-order valence-electron chi connectivity index (χ1n) is 11.1. The van der Waals surface area contributed by atoms with Crippen molar-refractivity contribution in [3.8, 4) is 6.07 Å². The summed E-state index contributed by atoms with van der Waals surface area (Å²) >= 11 is 0. The lowest BCUT2D eigenvalue weighted by atomic mass is 10.1. The number of aromatic nitrogens is 2. The summed E-state index contributed by atoms with van der Waals surface area (Å²) in [6.45, 7) is 0. The lowest BCUT2D eigenvalue weighted by Gasteiger charge is -2.03. The Hall–Kier alpha value is -3.70. The highest BCUT2D eigenvalue weighted by atomic mass is 32.2. The molecule has 0 amide bonds. The number of aromatic amines is 2. The fraction of sp³-hybridized carbons (Fsp3) is 0.250. The Bertz CT molecular complexity index is 1680. The van der Waals surface area contributed by atoms with E-state index in [0.717, 1.165) is 27.4 Å². The van der Waals surface area contributed by atoms with Gasteiger partial charge in [0.05, 0.1) is 30.4 Å². The van der Waals surface area contributed by atoms with Crippen molar-refractivity contribution in [2.75, 3.05) is 14.1 Å². The molecule has 5 N–H and O–H groups in total. The number of carboxylic acid groups (broad SMARTS) is 1. The molecule has 0 aliphatic rings. The average molecular weight is 546 g/mol. The second-order valence-corrected chi connectivity index (χ2v) is 12.1. The molecule has 0 unspecified atom stereocenters. The fourth-order valence-corrected chi connectivity index (χ4v) is 5.28. The smallest absolute Gasteiger partial charge is 0.307 e. The van der Waals surface area contributed by atoms with Crippen LogP contribution in [0.3, 0.4) is 0 Å². The Kier molecular flexibility index (Phi) is 8.72. The molecule has 4 rings (SSSR count). The van der Waals surface area contributed by atoms with Gasteiger partial charge in [0, 0.05) is 34.2 Å². The van der Waals surface area contributed by atoms with Crippen molar-refractivity contribution in [2.45, 2.75) is 24.3 Å². The van der Waals surface area contributed by atoms with Gasteiger partial charge in [-0.1, -0.05) is 12.1 Å². The van der Waals surface area contributed by atoms with Crippen LogP contribution in [0.4, 0.5) is 0 Å². The molecule has 2 aromatic heterocycles. The van der Waals surface area contributed by atoms with Crippen LogP contribution in [0.1, 0.15) is 22.3 Å². The number of nitrogens with zero attached hydrogens (tertiary/aromatic N) is 1. The predicted octanol–water partition coefficient (Wildman–Crippen LogP) is 2.13. The lowest BCUT2D eigenvalue weighted by Crippen LogP contribution is -2.20. The van der Waals surface area contributed by atoms with Crippen molar-refractivity contribution < 1.29 is 26.7 Å². The zero-order valence-electron chi connectivity index (χ0n) is 20.2. The summed E-state index contributed by atoms with van der Waals surface area (Å²) in [5.41, 5.74) is 4.55. The number of sulfonamides is 2. The summed E-state index contributed by atoms with van der Waals surface area (Å²) in [4.78, 5) is 16.8. The minimum atomic E-state index is -3.34. The molecule has 196 valence electrons. The third-order valence-corrected chi connectivity index (χ3v) is 8.28. The van der Waals surface area contributed by atoms with Gasteiger partial charge in [0.25, 0.3) is 0 Å². The molecule has 0 saturated heterocycles. The van der Waals surface area contributed by atoms with E-state index in [1.54, 1.807) is 36.7 Å². The van der Waals surface area contributed by atoms with Crippen LogP contribution in [-0.2, 0) is 49.2 Å². The number of hydrogen-bond donors (Lipinski definition) is 5. The van der Waals surface area contributed by atoms with E-state index in [-0.39, 0.29) is 17.9 Å². The maximum Gasteiger partial charge on any atom is 0.307 e. The Balaban J connectivity index is 0.000000206. The fourth-order valence-electron chi connectivity index (χ4n) is 3.75. The van der Waals surface area contributed by atoms with Crippen LogP contribution in [0.2, 0.25) is 0 Å². The summed E-state index contributed by atoms with van der Waals surface area (Å²) in [6, 6.07) is 12.7. The highest BCUT2D eigenvalue weighted by molar-refractivity contribution is 7.88. The highest BCUT2D eigenvalue weighted by Gasteiger charge is 2.13. The summed E-state index contributed by atoms with van der Waals surface area (Å²) in [5, 5.41) is 19.2. The summed E-state index contributed by atoms with van der Waals surface area (Å²) in [5.74, 6) is -1.11. The molecule has 37 heavy (non-hydrogen) atoms. The van der Waals surface area contributed by atoms with Crippen LogP contribution in [0.15, 0.2) is 48.8 Å². The molecule has 0 fully saturated rings. The van der Waals surface area contributed by atoms with E-state index in [1.807, 2.05) is 12.1 Å².